The number of aromatic nitrogens is 2. The Kier molecular flexibility index (Phi) is 5.35. The molecule has 6 heteroatoms. The summed E-state index contributed by atoms with van der Waals surface area (Å²) in [5.41, 5.74) is 0.187. The van der Waals surface area contributed by atoms with Gasteiger partial charge < -0.3 is 14.7 Å². The van der Waals surface area contributed by atoms with E-state index in [-0.39, 0.29) is 12.3 Å². The summed E-state index contributed by atoms with van der Waals surface area (Å²) >= 11 is 0. The minimum atomic E-state index is -0.502. The first-order chi connectivity index (χ1) is 8.22. The van der Waals surface area contributed by atoms with Gasteiger partial charge in [0.15, 0.2) is 5.69 Å². The Labute approximate surface area is 100 Å². The Bertz CT molecular complexity index is 371. The van der Waals surface area contributed by atoms with Crippen LogP contribution in [0.15, 0.2) is 12.4 Å². The second-order valence-corrected chi connectivity index (χ2v) is 3.41. The van der Waals surface area contributed by atoms with Crippen molar-refractivity contribution in [2.45, 2.75) is 13.3 Å². The minimum Gasteiger partial charge on any atom is -0.464 e. The van der Waals surface area contributed by atoms with E-state index in [0.29, 0.717) is 18.8 Å². The molecule has 0 atom stereocenters. The van der Waals surface area contributed by atoms with E-state index >= 15 is 0 Å². The predicted octanol–water partition coefficient (Wildman–Crippen LogP) is 0.472. The van der Waals surface area contributed by atoms with Gasteiger partial charge in [0.1, 0.15) is 5.82 Å². The Morgan fingerprint density at radius 3 is 2.88 bits per heavy atom. The molecule has 0 amide bonds. The number of methoxy groups -OCH3 is 1. The van der Waals surface area contributed by atoms with Crippen molar-refractivity contribution in [1.82, 2.24) is 9.97 Å². The number of carbonyl (C=O) groups is 1. The highest BCUT2D eigenvalue weighted by molar-refractivity contribution is 5.87. The van der Waals surface area contributed by atoms with Crippen molar-refractivity contribution in [3.63, 3.8) is 0 Å². The molecular weight excluding hydrogens is 222 g/mol. The SMILES string of the molecule is CCN(CCCO)c1cncc(C(=O)OC)n1. The second kappa shape index (κ2) is 6.80. The lowest BCUT2D eigenvalue weighted by Crippen LogP contribution is -2.26. The van der Waals surface area contributed by atoms with Crippen molar-refractivity contribution in [2.75, 3.05) is 31.7 Å². The fourth-order valence-electron chi connectivity index (χ4n) is 1.41. The van der Waals surface area contributed by atoms with Crippen molar-refractivity contribution in [3.05, 3.63) is 18.1 Å². The molecule has 1 rings (SSSR count). The maximum Gasteiger partial charge on any atom is 0.358 e. The monoisotopic (exact) mass is 239 g/mol. The normalized spacial score (nSPS) is 10.1. The van der Waals surface area contributed by atoms with Gasteiger partial charge in [-0.05, 0) is 13.3 Å². The second-order valence-electron chi connectivity index (χ2n) is 3.41. The number of esters is 1. The molecule has 1 aromatic heterocycles. The first-order valence-electron chi connectivity index (χ1n) is 5.49. The molecule has 0 saturated heterocycles. The van der Waals surface area contributed by atoms with E-state index in [1.807, 2.05) is 11.8 Å². The highest BCUT2D eigenvalue weighted by Gasteiger charge is 2.11. The molecule has 0 fully saturated rings. The largest absolute Gasteiger partial charge is 0.464 e. The lowest BCUT2D eigenvalue weighted by Gasteiger charge is -2.21. The highest BCUT2D eigenvalue weighted by Crippen LogP contribution is 2.10. The summed E-state index contributed by atoms with van der Waals surface area (Å²) in [5, 5.41) is 8.80. The Morgan fingerprint density at radius 2 is 2.29 bits per heavy atom. The molecule has 0 bridgehead atoms. The third-order valence-electron chi connectivity index (χ3n) is 2.31. The van der Waals surface area contributed by atoms with Crippen LogP contribution in [-0.2, 0) is 4.74 Å². The molecule has 94 valence electrons. The molecule has 0 saturated carbocycles. The fourth-order valence-corrected chi connectivity index (χ4v) is 1.41. The van der Waals surface area contributed by atoms with Crippen LogP contribution in [0.3, 0.4) is 0 Å². The van der Waals surface area contributed by atoms with Gasteiger partial charge in [0, 0.05) is 19.7 Å². The van der Waals surface area contributed by atoms with E-state index < -0.39 is 5.97 Å². The number of anilines is 1. The van der Waals surface area contributed by atoms with Gasteiger partial charge in [-0.3, -0.25) is 4.98 Å². The Balaban J connectivity index is 2.84. The molecule has 0 radical (unpaired) electrons. The molecular formula is C11H17N3O3. The summed E-state index contributed by atoms with van der Waals surface area (Å²) in [6.07, 6.45) is 3.61. The van der Waals surface area contributed by atoms with Crippen LogP contribution in [-0.4, -0.2) is 47.8 Å². The zero-order chi connectivity index (χ0) is 12.7. The van der Waals surface area contributed by atoms with Gasteiger partial charge >= 0.3 is 5.97 Å². The van der Waals surface area contributed by atoms with Crippen LogP contribution >= 0.6 is 0 Å². The first-order valence-corrected chi connectivity index (χ1v) is 5.49. The van der Waals surface area contributed by atoms with Gasteiger partial charge in [-0.1, -0.05) is 0 Å². The minimum absolute atomic E-state index is 0.126. The van der Waals surface area contributed by atoms with Gasteiger partial charge in [0.2, 0.25) is 0 Å². The molecule has 0 aliphatic carbocycles. The third kappa shape index (κ3) is 3.67. The molecule has 0 aliphatic heterocycles. The van der Waals surface area contributed by atoms with Crippen LogP contribution in [0.4, 0.5) is 5.82 Å². The van der Waals surface area contributed by atoms with Crippen molar-refractivity contribution in [1.29, 1.82) is 0 Å². The maximum absolute atomic E-state index is 11.3. The predicted molar refractivity (Wildman–Crippen MR) is 63.0 cm³/mol. The lowest BCUT2D eigenvalue weighted by molar-refractivity contribution is 0.0593. The summed E-state index contributed by atoms with van der Waals surface area (Å²) < 4.78 is 4.59. The number of nitrogens with zero attached hydrogens (tertiary/aromatic N) is 3. The topological polar surface area (TPSA) is 75.5 Å². The summed E-state index contributed by atoms with van der Waals surface area (Å²) in [5.74, 6) is 0.112. The van der Waals surface area contributed by atoms with Crippen molar-refractivity contribution in [3.8, 4) is 0 Å². The average Bonchev–Trinajstić information content (AvgIpc) is 2.39. The highest BCUT2D eigenvalue weighted by atomic mass is 16.5. The van der Waals surface area contributed by atoms with Gasteiger partial charge in [-0.15, -0.1) is 0 Å². The van der Waals surface area contributed by atoms with Crippen LogP contribution in [0, 0.1) is 0 Å². The summed E-state index contributed by atoms with van der Waals surface area (Å²) in [6, 6.07) is 0. The number of aliphatic hydroxyl groups excluding tert-OH is 1. The standard InChI is InChI=1S/C11H17N3O3/c1-3-14(5-4-6-15)10-8-12-7-9(13-10)11(16)17-2/h7-8,15H,3-6H2,1-2H3. The number of hydrogen-bond donors (Lipinski definition) is 1. The summed E-state index contributed by atoms with van der Waals surface area (Å²) in [7, 11) is 1.31. The lowest BCUT2D eigenvalue weighted by atomic mass is 10.3. The number of hydrogen-bond acceptors (Lipinski definition) is 6. The van der Waals surface area contributed by atoms with E-state index in [9.17, 15) is 4.79 Å². The number of aliphatic hydroxyl groups is 1. The zero-order valence-corrected chi connectivity index (χ0v) is 10.1. The van der Waals surface area contributed by atoms with Crippen LogP contribution in [0.5, 0.6) is 0 Å². The zero-order valence-electron chi connectivity index (χ0n) is 10.1. The quantitative estimate of drug-likeness (QED) is 0.727. The average molecular weight is 239 g/mol. The molecule has 0 unspecified atom stereocenters. The number of ether oxygens (including phenoxy) is 1. The molecule has 0 aromatic carbocycles. The molecule has 0 aliphatic rings. The number of rotatable bonds is 6. The molecule has 6 nitrogen and oxygen atoms in total. The Hall–Kier alpha value is -1.69. The molecule has 17 heavy (non-hydrogen) atoms. The van der Waals surface area contributed by atoms with Crippen LogP contribution in [0.25, 0.3) is 0 Å². The van der Waals surface area contributed by atoms with Gasteiger partial charge in [-0.2, -0.15) is 0 Å². The number of carbonyl (C=O) groups excluding carboxylic acids is 1. The maximum atomic E-state index is 11.3. The molecule has 0 spiro atoms. The first kappa shape index (κ1) is 13.4. The van der Waals surface area contributed by atoms with Gasteiger partial charge in [0.25, 0.3) is 0 Å². The van der Waals surface area contributed by atoms with Crippen LogP contribution < -0.4 is 4.90 Å². The summed E-state index contributed by atoms with van der Waals surface area (Å²) in [6.45, 7) is 3.51. The third-order valence-corrected chi connectivity index (χ3v) is 2.31. The summed E-state index contributed by atoms with van der Waals surface area (Å²) in [4.78, 5) is 21.4. The molecule has 1 N–H and O–H groups in total. The van der Waals surface area contributed by atoms with Crippen molar-refractivity contribution < 1.29 is 14.6 Å². The smallest absolute Gasteiger partial charge is 0.358 e. The molecule has 1 heterocycles. The van der Waals surface area contributed by atoms with Crippen LogP contribution in [0.2, 0.25) is 0 Å². The van der Waals surface area contributed by atoms with Gasteiger partial charge in [0.05, 0.1) is 19.5 Å². The molecule has 1 aromatic rings. The van der Waals surface area contributed by atoms with E-state index in [4.69, 9.17) is 5.11 Å². The van der Waals surface area contributed by atoms with E-state index in [1.165, 1.54) is 13.3 Å². The fraction of sp³-hybridized carbons (Fsp3) is 0.545. The van der Waals surface area contributed by atoms with E-state index in [2.05, 4.69) is 14.7 Å². The van der Waals surface area contributed by atoms with Crippen LogP contribution in [0.1, 0.15) is 23.8 Å². The van der Waals surface area contributed by atoms with Crippen molar-refractivity contribution >= 4 is 11.8 Å². The van der Waals surface area contributed by atoms with Gasteiger partial charge in [-0.25, -0.2) is 9.78 Å². The Morgan fingerprint density at radius 1 is 1.53 bits per heavy atom. The van der Waals surface area contributed by atoms with E-state index in [0.717, 1.165) is 6.54 Å². The van der Waals surface area contributed by atoms with E-state index in [1.54, 1.807) is 6.20 Å². The van der Waals surface area contributed by atoms with Crippen molar-refractivity contribution in [2.24, 2.45) is 0 Å².